The van der Waals surface area contributed by atoms with E-state index in [4.69, 9.17) is 0 Å². The lowest BCUT2D eigenvalue weighted by Crippen LogP contribution is -2.33. The molecular weight excluding hydrogens is 416 g/mol. The summed E-state index contributed by atoms with van der Waals surface area (Å²) < 4.78 is 0. The fraction of sp³-hybridized carbons (Fsp3) is 0.154. The molecule has 3 aromatic rings. The topological polar surface area (TPSA) is 90.9 Å². The maximum atomic E-state index is 13.0. The minimum Gasteiger partial charge on any atom is -0.322 e. The van der Waals surface area contributed by atoms with Crippen LogP contribution in [0.3, 0.4) is 0 Å². The van der Waals surface area contributed by atoms with Crippen molar-refractivity contribution in [3.63, 3.8) is 0 Å². The molecule has 3 aromatic carbocycles. The fourth-order valence-electron chi connectivity index (χ4n) is 3.60. The third kappa shape index (κ3) is 4.98. The summed E-state index contributed by atoms with van der Waals surface area (Å²) in [6, 6.07) is 23.0. The summed E-state index contributed by atoms with van der Waals surface area (Å²) in [7, 11) is 0. The zero-order chi connectivity index (χ0) is 23.4. The molecule has 4 rings (SSSR count). The molecule has 1 aliphatic heterocycles. The van der Waals surface area contributed by atoms with E-state index >= 15 is 0 Å². The Balaban J connectivity index is 1.51. The number of rotatable bonds is 6. The molecule has 0 spiro atoms. The highest BCUT2D eigenvalue weighted by Crippen LogP contribution is 2.26. The molecule has 7 heteroatoms. The van der Waals surface area contributed by atoms with Crippen LogP contribution in [-0.4, -0.2) is 29.4 Å². The van der Waals surface area contributed by atoms with E-state index in [9.17, 15) is 14.4 Å². The van der Waals surface area contributed by atoms with E-state index in [0.717, 1.165) is 11.3 Å². The molecule has 166 valence electrons. The van der Waals surface area contributed by atoms with Crippen molar-refractivity contribution in [1.29, 1.82) is 0 Å². The van der Waals surface area contributed by atoms with Crippen molar-refractivity contribution in [2.75, 3.05) is 15.6 Å². The van der Waals surface area contributed by atoms with Gasteiger partial charge in [-0.3, -0.25) is 19.4 Å². The first-order chi connectivity index (χ1) is 15.9. The molecule has 33 heavy (non-hydrogen) atoms. The van der Waals surface area contributed by atoms with Crippen molar-refractivity contribution in [3.05, 3.63) is 90.0 Å². The zero-order valence-corrected chi connectivity index (χ0v) is 18.4. The molecule has 2 N–H and O–H groups in total. The first-order valence-corrected chi connectivity index (χ1v) is 10.6. The number of para-hydroxylation sites is 1. The second kappa shape index (κ2) is 9.48. The largest absolute Gasteiger partial charge is 0.322 e. The highest BCUT2D eigenvalue weighted by molar-refractivity contribution is 6.44. The van der Waals surface area contributed by atoms with Gasteiger partial charge in [-0.1, -0.05) is 42.5 Å². The smallest absolute Gasteiger partial charge is 0.271 e. The predicted molar refractivity (Wildman–Crippen MR) is 130 cm³/mol. The van der Waals surface area contributed by atoms with Gasteiger partial charge in [0.05, 0.1) is 5.69 Å². The summed E-state index contributed by atoms with van der Waals surface area (Å²) >= 11 is 0. The summed E-state index contributed by atoms with van der Waals surface area (Å²) in [4.78, 5) is 37.6. The number of ketones is 1. The summed E-state index contributed by atoms with van der Waals surface area (Å²) in [5, 5.41) is 11.8. The van der Waals surface area contributed by atoms with Gasteiger partial charge in [-0.15, -0.1) is 0 Å². The van der Waals surface area contributed by atoms with Crippen molar-refractivity contribution < 1.29 is 14.4 Å². The Hall–Kier alpha value is -4.26. The number of Topliss-reactive ketones (excluding diaryl/α,β-unsaturated/α-hetero) is 1. The van der Waals surface area contributed by atoms with E-state index in [0.29, 0.717) is 16.9 Å². The summed E-state index contributed by atoms with van der Waals surface area (Å²) in [5.41, 5.74) is 3.53. The summed E-state index contributed by atoms with van der Waals surface area (Å²) in [6.07, 6.45) is 0.222. The van der Waals surface area contributed by atoms with Gasteiger partial charge in [0.25, 0.3) is 11.8 Å². The van der Waals surface area contributed by atoms with Crippen LogP contribution in [0.5, 0.6) is 0 Å². The van der Waals surface area contributed by atoms with Crippen molar-refractivity contribution in [3.8, 4) is 0 Å². The molecule has 0 saturated carbocycles. The van der Waals surface area contributed by atoms with Gasteiger partial charge >= 0.3 is 0 Å². The van der Waals surface area contributed by atoms with Crippen LogP contribution >= 0.6 is 0 Å². The Bertz CT molecular complexity index is 1220. The number of hydrazone groups is 1. The van der Waals surface area contributed by atoms with Gasteiger partial charge in [0.15, 0.2) is 5.78 Å². The Morgan fingerprint density at radius 1 is 0.879 bits per heavy atom. The molecule has 0 radical (unpaired) electrons. The maximum absolute atomic E-state index is 13.0. The number of anilines is 3. The highest BCUT2D eigenvalue weighted by Gasteiger charge is 2.34. The van der Waals surface area contributed by atoms with Crippen LogP contribution in [0.15, 0.2) is 84.0 Å². The second-order valence-corrected chi connectivity index (χ2v) is 7.86. The lowest BCUT2D eigenvalue weighted by atomic mass is 10.1. The van der Waals surface area contributed by atoms with Crippen LogP contribution in [0.25, 0.3) is 0 Å². The van der Waals surface area contributed by atoms with Crippen LogP contribution < -0.4 is 15.6 Å². The number of carbonyl (C=O) groups is 3. The van der Waals surface area contributed by atoms with E-state index in [1.165, 1.54) is 6.92 Å². The predicted octanol–water partition coefficient (Wildman–Crippen LogP) is 4.41. The first-order valence-electron chi connectivity index (χ1n) is 10.6. The Morgan fingerprint density at radius 2 is 1.55 bits per heavy atom. The summed E-state index contributed by atoms with van der Waals surface area (Å²) in [6.45, 7) is 3.36. The molecule has 1 aliphatic rings. The van der Waals surface area contributed by atoms with Gasteiger partial charge in [-0.2, -0.15) is 5.10 Å². The molecule has 0 aromatic heterocycles. The third-order valence-electron chi connectivity index (χ3n) is 5.44. The minimum absolute atomic E-state index is 0.0628. The average molecular weight is 441 g/mol. The van der Waals surface area contributed by atoms with E-state index in [2.05, 4.69) is 15.7 Å². The van der Waals surface area contributed by atoms with Crippen molar-refractivity contribution in [2.24, 2.45) is 5.10 Å². The number of hydrogen-bond donors (Lipinski definition) is 2. The van der Waals surface area contributed by atoms with E-state index in [1.807, 2.05) is 49.4 Å². The van der Waals surface area contributed by atoms with E-state index < -0.39 is 6.04 Å². The van der Waals surface area contributed by atoms with Gasteiger partial charge < -0.3 is 10.6 Å². The average Bonchev–Trinajstić information content (AvgIpc) is 3.28. The molecular formula is C26H24N4O3. The van der Waals surface area contributed by atoms with Crippen LogP contribution in [0.4, 0.5) is 17.1 Å². The number of aryl methyl sites for hydroxylation is 1. The lowest BCUT2D eigenvalue weighted by Gasteiger charge is -2.20. The van der Waals surface area contributed by atoms with E-state index in [-0.39, 0.29) is 29.7 Å². The van der Waals surface area contributed by atoms with Crippen molar-refractivity contribution in [1.82, 2.24) is 0 Å². The standard InChI is InChI=1S/C26H24N4O3/c1-17-13-14-20(27-25(32)19-9-5-3-6-10-19)15-22(17)28-26(33)23-16-24(18(2)31)30(29-23)21-11-7-4-8-12-21/h3-15,24H,16H2,1-2H3,(H,27,32)(H,28,33). The van der Waals surface area contributed by atoms with Gasteiger partial charge in [0.2, 0.25) is 0 Å². The molecule has 0 bridgehead atoms. The monoisotopic (exact) mass is 440 g/mol. The Labute approximate surface area is 192 Å². The van der Waals surface area contributed by atoms with Crippen LogP contribution in [0.1, 0.15) is 29.3 Å². The Morgan fingerprint density at radius 3 is 2.21 bits per heavy atom. The van der Waals surface area contributed by atoms with Crippen LogP contribution in [0.2, 0.25) is 0 Å². The molecule has 0 saturated heterocycles. The number of amides is 2. The number of nitrogens with zero attached hydrogens (tertiary/aromatic N) is 2. The number of nitrogens with one attached hydrogen (secondary N) is 2. The van der Waals surface area contributed by atoms with Crippen molar-refractivity contribution >= 4 is 40.4 Å². The third-order valence-corrected chi connectivity index (χ3v) is 5.44. The molecule has 2 amide bonds. The van der Waals surface area contributed by atoms with E-state index in [1.54, 1.807) is 41.4 Å². The molecule has 0 aliphatic carbocycles. The summed E-state index contributed by atoms with van der Waals surface area (Å²) in [5.74, 6) is -0.679. The van der Waals surface area contributed by atoms with Gasteiger partial charge in [0.1, 0.15) is 11.8 Å². The number of benzene rings is 3. The van der Waals surface area contributed by atoms with Gasteiger partial charge in [-0.05, 0) is 55.8 Å². The number of hydrogen-bond acceptors (Lipinski definition) is 5. The Kier molecular flexibility index (Phi) is 6.31. The zero-order valence-electron chi connectivity index (χ0n) is 18.4. The normalized spacial score (nSPS) is 15.0. The minimum atomic E-state index is -0.522. The van der Waals surface area contributed by atoms with Crippen molar-refractivity contribution in [2.45, 2.75) is 26.3 Å². The van der Waals surface area contributed by atoms with Crippen LogP contribution in [0, 0.1) is 6.92 Å². The maximum Gasteiger partial charge on any atom is 0.271 e. The number of carbonyl (C=O) groups excluding carboxylic acids is 3. The molecule has 1 unspecified atom stereocenters. The highest BCUT2D eigenvalue weighted by atomic mass is 16.2. The molecule has 7 nitrogen and oxygen atoms in total. The SMILES string of the molecule is CC(=O)C1CC(C(=O)Nc2cc(NC(=O)c3ccccc3)ccc2C)=NN1c1ccccc1. The van der Waals surface area contributed by atoms with Gasteiger partial charge in [0, 0.05) is 23.4 Å². The second-order valence-electron chi connectivity index (χ2n) is 7.86. The van der Waals surface area contributed by atoms with Crippen LogP contribution in [-0.2, 0) is 9.59 Å². The first kappa shape index (κ1) is 22.0. The fourth-order valence-corrected chi connectivity index (χ4v) is 3.60. The molecule has 0 fully saturated rings. The molecule has 1 heterocycles. The quantitative estimate of drug-likeness (QED) is 0.594. The molecule has 1 atom stereocenters. The lowest BCUT2D eigenvalue weighted by molar-refractivity contribution is -0.118. The van der Waals surface area contributed by atoms with Gasteiger partial charge in [-0.25, -0.2) is 0 Å².